The molecule has 0 bridgehead atoms. The van der Waals surface area contributed by atoms with Gasteiger partial charge in [-0.25, -0.2) is 0 Å². The van der Waals surface area contributed by atoms with Gasteiger partial charge in [0.05, 0.1) is 11.3 Å². The first-order valence-corrected chi connectivity index (χ1v) is 12.9. The molecule has 2 rings (SSSR count). The van der Waals surface area contributed by atoms with Gasteiger partial charge in [0.15, 0.2) is 12.4 Å². The maximum atomic E-state index is 12.8. The van der Waals surface area contributed by atoms with E-state index in [2.05, 4.69) is 19.0 Å². The summed E-state index contributed by atoms with van der Waals surface area (Å²) >= 11 is 7.82. The molecule has 0 saturated heterocycles. The Labute approximate surface area is 201 Å². The average Bonchev–Trinajstić information content (AvgIpc) is 2.72. The van der Waals surface area contributed by atoms with E-state index in [1.165, 1.54) is 0 Å². The molecule has 7 heteroatoms. The third kappa shape index (κ3) is 8.04. The highest BCUT2D eigenvalue weighted by Gasteiger charge is 2.31. The Hall–Kier alpha value is -1.66. The summed E-state index contributed by atoms with van der Waals surface area (Å²) in [7, 11) is 0. The van der Waals surface area contributed by atoms with E-state index in [0.29, 0.717) is 46.6 Å². The fourth-order valence-corrected chi connectivity index (χ4v) is 4.92. The average molecular weight is 482 g/mol. The van der Waals surface area contributed by atoms with E-state index in [-0.39, 0.29) is 36.1 Å². The molecular weight excluding hydrogens is 446 g/mol. The minimum atomic E-state index is -0.218. The van der Waals surface area contributed by atoms with Crippen LogP contribution in [0.2, 0.25) is 5.02 Å². The molecule has 0 fully saturated rings. The highest BCUT2D eigenvalue weighted by molar-refractivity contribution is 7.99. The zero-order chi connectivity index (χ0) is 23.7. The van der Waals surface area contributed by atoms with Gasteiger partial charge in [-0.05, 0) is 54.7 Å². The van der Waals surface area contributed by atoms with E-state index in [4.69, 9.17) is 21.2 Å². The quantitative estimate of drug-likeness (QED) is 0.261. The molecule has 0 radical (unpaired) electrons. The van der Waals surface area contributed by atoms with Crippen molar-refractivity contribution in [3.05, 3.63) is 40.6 Å². The number of nitrogens with zero attached hydrogens (tertiary/aromatic N) is 1. The number of rotatable bonds is 12. The normalized spacial score (nSPS) is 19.3. The Kier molecular flexibility index (Phi) is 10.9. The molecule has 3 unspecified atom stereocenters. The van der Waals surface area contributed by atoms with E-state index in [0.717, 1.165) is 12.2 Å². The van der Waals surface area contributed by atoms with E-state index >= 15 is 0 Å². The predicted octanol–water partition coefficient (Wildman–Crippen LogP) is 6.85. The number of halogens is 1. The Morgan fingerprint density at radius 2 is 1.91 bits per heavy atom. The molecule has 1 aromatic carbocycles. The van der Waals surface area contributed by atoms with Crippen molar-refractivity contribution in [2.75, 3.05) is 12.4 Å². The van der Waals surface area contributed by atoms with Crippen molar-refractivity contribution in [1.82, 2.24) is 0 Å². The van der Waals surface area contributed by atoms with Gasteiger partial charge in [0.25, 0.3) is 0 Å². The largest absolute Gasteiger partial charge is 0.511 e. The van der Waals surface area contributed by atoms with Gasteiger partial charge in [0.2, 0.25) is 0 Å². The minimum Gasteiger partial charge on any atom is -0.511 e. The molecule has 0 spiro atoms. The summed E-state index contributed by atoms with van der Waals surface area (Å²) in [5.41, 5.74) is 0.829. The van der Waals surface area contributed by atoms with Crippen LogP contribution in [0.1, 0.15) is 60.3 Å². The lowest BCUT2D eigenvalue weighted by atomic mass is 9.82. The van der Waals surface area contributed by atoms with Crippen molar-refractivity contribution in [2.45, 2.75) is 71.7 Å². The lowest BCUT2D eigenvalue weighted by molar-refractivity contribution is -0.116. The molecule has 3 atom stereocenters. The van der Waals surface area contributed by atoms with Crippen LogP contribution < -0.4 is 4.74 Å². The molecule has 5 nitrogen and oxygen atoms in total. The smallest absolute Gasteiger partial charge is 0.168 e. The van der Waals surface area contributed by atoms with Crippen LogP contribution in [0.25, 0.3) is 0 Å². The highest BCUT2D eigenvalue weighted by atomic mass is 35.5. The standard InChI is InChI=1S/C25H36ClNO4S/c1-6-21(25-22(28)13-18(14-23(25)29)12-17(5)32-7-2)27-30-15-24(16(3)4)31-20-10-8-19(26)9-11-20/h8-11,16-18,24,28H,6-7,12-15H2,1-5H3. The summed E-state index contributed by atoms with van der Waals surface area (Å²) in [5, 5.41) is 16.0. The number of allylic oxidation sites excluding steroid dienone is 2. The van der Waals surface area contributed by atoms with Gasteiger partial charge in [0, 0.05) is 23.1 Å². The molecule has 1 aliphatic carbocycles. The van der Waals surface area contributed by atoms with Crippen molar-refractivity contribution in [2.24, 2.45) is 17.0 Å². The maximum Gasteiger partial charge on any atom is 0.168 e. The molecule has 32 heavy (non-hydrogen) atoms. The second kappa shape index (κ2) is 13.1. The molecule has 178 valence electrons. The minimum absolute atomic E-state index is 0.0468. The maximum absolute atomic E-state index is 12.8. The van der Waals surface area contributed by atoms with Crippen LogP contribution >= 0.6 is 23.4 Å². The van der Waals surface area contributed by atoms with Gasteiger partial charge in [-0.2, -0.15) is 11.8 Å². The summed E-state index contributed by atoms with van der Waals surface area (Å²) in [4.78, 5) is 18.4. The summed E-state index contributed by atoms with van der Waals surface area (Å²) in [5.74, 6) is 2.23. The molecule has 0 amide bonds. The Balaban J connectivity index is 2.03. The summed E-state index contributed by atoms with van der Waals surface area (Å²) < 4.78 is 6.02. The van der Waals surface area contributed by atoms with Gasteiger partial charge < -0.3 is 14.7 Å². The number of benzene rings is 1. The van der Waals surface area contributed by atoms with Gasteiger partial charge in [0.1, 0.15) is 17.6 Å². The van der Waals surface area contributed by atoms with E-state index in [9.17, 15) is 9.90 Å². The molecule has 0 aromatic heterocycles. The van der Waals surface area contributed by atoms with Crippen LogP contribution in [0.5, 0.6) is 5.75 Å². The number of aliphatic hydroxyl groups is 1. The lowest BCUT2D eigenvalue weighted by Crippen LogP contribution is -2.29. The van der Waals surface area contributed by atoms with Crippen LogP contribution in [0.4, 0.5) is 0 Å². The van der Waals surface area contributed by atoms with E-state index in [1.54, 1.807) is 12.1 Å². The second-order valence-electron chi connectivity index (χ2n) is 8.56. The van der Waals surface area contributed by atoms with Crippen molar-refractivity contribution in [1.29, 1.82) is 0 Å². The number of ketones is 1. The first kappa shape index (κ1) is 26.6. The third-order valence-electron chi connectivity index (χ3n) is 5.52. The zero-order valence-electron chi connectivity index (χ0n) is 19.8. The number of hydrogen-bond donors (Lipinski definition) is 1. The van der Waals surface area contributed by atoms with Crippen LogP contribution in [0, 0.1) is 11.8 Å². The zero-order valence-corrected chi connectivity index (χ0v) is 21.3. The third-order valence-corrected chi connectivity index (χ3v) is 6.87. The van der Waals surface area contributed by atoms with E-state index in [1.807, 2.05) is 44.7 Å². The van der Waals surface area contributed by atoms with Crippen molar-refractivity contribution < 1.29 is 19.5 Å². The molecule has 1 aliphatic rings. The number of ether oxygens (including phenoxy) is 1. The van der Waals surface area contributed by atoms with Crippen molar-refractivity contribution in [3.63, 3.8) is 0 Å². The van der Waals surface area contributed by atoms with Crippen molar-refractivity contribution in [3.8, 4) is 5.75 Å². The summed E-state index contributed by atoms with van der Waals surface area (Å²) in [6.45, 7) is 10.6. The Morgan fingerprint density at radius 1 is 1.22 bits per heavy atom. The lowest BCUT2D eigenvalue weighted by Gasteiger charge is -2.26. The van der Waals surface area contributed by atoms with Crippen molar-refractivity contribution >= 4 is 34.9 Å². The summed E-state index contributed by atoms with van der Waals surface area (Å²) in [6.07, 6.45) is 2.17. The Morgan fingerprint density at radius 3 is 2.47 bits per heavy atom. The highest BCUT2D eigenvalue weighted by Crippen LogP contribution is 2.32. The monoisotopic (exact) mass is 481 g/mol. The SMILES string of the molecule is CCSC(C)CC1CC(=O)C(C(CC)=NOCC(Oc2ccc(Cl)cc2)C(C)C)=C(O)C1. The number of carbonyl (C=O) groups is 1. The molecule has 0 saturated carbocycles. The number of carbonyl (C=O) groups excluding carboxylic acids is 1. The number of hydrogen-bond acceptors (Lipinski definition) is 6. The number of oxime groups is 1. The van der Waals surface area contributed by atoms with Crippen LogP contribution in [0.15, 0.2) is 40.8 Å². The van der Waals surface area contributed by atoms with Gasteiger partial charge in [-0.15, -0.1) is 0 Å². The van der Waals surface area contributed by atoms with Crippen LogP contribution in [0.3, 0.4) is 0 Å². The number of thioether (sulfide) groups is 1. The molecule has 0 heterocycles. The molecular formula is C25H36ClNO4S. The fraction of sp³-hybridized carbons (Fsp3) is 0.600. The molecule has 1 N–H and O–H groups in total. The molecule has 0 aliphatic heterocycles. The molecule has 1 aromatic rings. The number of Topliss-reactive ketones (excluding diaryl/α,β-unsaturated/α-hetero) is 1. The topological polar surface area (TPSA) is 68.1 Å². The van der Waals surface area contributed by atoms with Gasteiger partial charge in [-0.1, -0.05) is 51.4 Å². The van der Waals surface area contributed by atoms with E-state index < -0.39 is 0 Å². The summed E-state index contributed by atoms with van der Waals surface area (Å²) in [6, 6.07) is 7.19. The first-order valence-electron chi connectivity index (χ1n) is 11.4. The number of aliphatic hydroxyl groups excluding tert-OH is 1. The van der Waals surface area contributed by atoms with Gasteiger partial charge >= 0.3 is 0 Å². The Bertz CT molecular complexity index is 807. The first-order chi connectivity index (χ1) is 15.2. The van der Waals surface area contributed by atoms with Crippen LogP contribution in [-0.4, -0.2) is 40.3 Å². The second-order valence-corrected chi connectivity index (χ2v) is 10.7. The van der Waals surface area contributed by atoms with Gasteiger partial charge in [-0.3, -0.25) is 4.79 Å². The predicted molar refractivity (Wildman–Crippen MR) is 134 cm³/mol. The fourth-order valence-electron chi connectivity index (χ4n) is 3.82. The van der Waals surface area contributed by atoms with Crippen LogP contribution in [-0.2, 0) is 9.63 Å².